The average molecular weight is 317 g/mol. The lowest BCUT2D eigenvalue weighted by molar-refractivity contribution is 0.161. The maximum absolute atomic E-state index is 12.3. The predicted octanol–water partition coefficient (Wildman–Crippen LogP) is 1.18. The van der Waals surface area contributed by atoms with E-state index in [0.717, 1.165) is 18.8 Å². The van der Waals surface area contributed by atoms with E-state index in [9.17, 15) is 8.42 Å². The normalized spacial score (nSPS) is 13.5. The van der Waals surface area contributed by atoms with Gasteiger partial charge in [-0.25, -0.2) is 13.1 Å². The smallest absolute Gasteiger partial charge is 0.242 e. The zero-order chi connectivity index (χ0) is 15.9. The summed E-state index contributed by atoms with van der Waals surface area (Å²) in [6, 6.07) is 1.73. The highest BCUT2D eigenvalue weighted by molar-refractivity contribution is 7.89. The Morgan fingerprint density at radius 2 is 2.10 bits per heavy atom. The highest BCUT2D eigenvalue weighted by Crippen LogP contribution is 2.15. The van der Waals surface area contributed by atoms with Crippen LogP contribution in [0.3, 0.4) is 0 Å². The Bertz CT molecular complexity index is 526. The van der Waals surface area contributed by atoms with Crippen LogP contribution in [0.5, 0.6) is 0 Å². The van der Waals surface area contributed by atoms with Crippen molar-refractivity contribution in [1.82, 2.24) is 14.6 Å². The van der Waals surface area contributed by atoms with Gasteiger partial charge in [-0.3, -0.25) is 0 Å². The van der Waals surface area contributed by atoms with Gasteiger partial charge in [0.25, 0.3) is 0 Å². The van der Waals surface area contributed by atoms with Crippen molar-refractivity contribution >= 4 is 10.0 Å². The van der Waals surface area contributed by atoms with Crippen molar-refractivity contribution in [3.05, 3.63) is 18.0 Å². The Balaban J connectivity index is 2.80. The molecule has 1 aromatic rings. The van der Waals surface area contributed by atoms with Gasteiger partial charge < -0.3 is 14.6 Å². The molecule has 0 spiro atoms. The van der Waals surface area contributed by atoms with Crippen molar-refractivity contribution in [3.8, 4) is 0 Å². The molecule has 7 heteroatoms. The fourth-order valence-corrected chi connectivity index (χ4v) is 3.27. The van der Waals surface area contributed by atoms with Crippen molar-refractivity contribution in [2.45, 2.75) is 38.8 Å². The van der Waals surface area contributed by atoms with Crippen LogP contribution in [0, 0.1) is 5.92 Å². The molecule has 0 saturated heterocycles. The third-order valence-corrected chi connectivity index (χ3v) is 4.63. The van der Waals surface area contributed by atoms with E-state index in [0.29, 0.717) is 24.6 Å². The molecule has 0 amide bonds. The SMILES string of the molecule is CCNCc1cc(S(=O)(=O)NCC(C)COC)cn1CC. The number of nitrogens with one attached hydrogen (secondary N) is 2. The van der Waals surface area contributed by atoms with Crippen LogP contribution in [0.2, 0.25) is 0 Å². The van der Waals surface area contributed by atoms with E-state index < -0.39 is 10.0 Å². The summed E-state index contributed by atoms with van der Waals surface area (Å²) in [4.78, 5) is 0.321. The molecule has 1 rings (SSSR count). The Kier molecular flexibility index (Phi) is 7.37. The molecule has 1 unspecified atom stereocenters. The second kappa shape index (κ2) is 8.53. The highest BCUT2D eigenvalue weighted by Gasteiger charge is 2.18. The van der Waals surface area contributed by atoms with Gasteiger partial charge in [-0.1, -0.05) is 13.8 Å². The van der Waals surface area contributed by atoms with Crippen LogP contribution in [0.4, 0.5) is 0 Å². The molecule has 122 valence electrons. The molecule has 1 aromatic heterocycles. The number of hydrogen-bond acceptors (Lipinski definition) is 4. The summed E-state index contributed by atoms with van der Waals surface area (Å²) < 4.78 is 34.2. The zero-order valence-electron chi connectivity index (χ0n) is 13.3. The molecule has 0 bridgehead atoms. The van der Waals surface area contributed by atoms with Gasteiger partial charge in [-0.15, -0.1) is 0 Å². The van der Waals surface area contributed by atoms with E-state index in [-0.39, 0.29) is 5.92 Å². The molecule has 1 heterocycles. The van der Waals surface area contributed by atoms with E-state index in [1.807, 2.05) is 25.3 Å². The largest absolute Gasteiger partial charge is 0.384 e. The summed E-state index contributed by atoms with van der Waals surface area (Å²) in [7, 11) is -1.85. The van der Waals surface area contributed by atoms with E-state index in [2.05, 4.69) is 10.0 Å². The maximum Gasteiger partial charge on any atom is 0.242 e. The molecule has 0 fully saturated rings. The minimum absolute atomic E-state index is 0.138. The van der Waals surface area contributed by atoms with Gasteiger partial charge in [0.05, 0.1) is 4.90 Å². The molecule has 0 aliphatic heterocycles. The first-order valence-electron chi connectivity index (χ1n) is 7.32. The van der Waals surface area contributed by atoms with Crippen LogP contribution in [0.1, 0.15) is 26.5 Å². The molecule has 0 radical (unpaired) electrons. The number of aryl methyl sites for hydroxylation is 1. The molecule has 0 aliphatic rings. The van der Waals surface area contributed by atoms with Crippen LogP contribution in [-0.2, 0) is 27.8 Å². The van der Waals surface area contributed by atoms with Gasteiger partial charge in [0, 0.05) is 45.2 Å². The lowest BCUT2D eigenvalue weighted by atomic mass is 10.2. The lowest BCUT2D eigenvalue weighted by Crippen LogP contribution is -2.29. The van der Waals surface area contributed by atoms with Crippen LogP contribution >= 0.6 is 0 Å². The van der Waals surface area contributed by atoms with Gasteiger partial charge in [-0.05, 0) is 25.5 Å². The van der Waals surface area contributed by atoms with E-state index in [4.69, 9.17) is 4.74 Å². The maximum atomic E-state index is 12.3. The average Bonchev–Trinajstić information content (AvgIpc) is 2.87. The molecule has 6 nitrogen and oxygen atoms in total. The predicted molar refractivity (Wildman–Crippen MR) is 83.7 cm³/mol. The Labute approximate surface area is 127 Å². The molecule has 0 saturated carbocycles. The fourth-order valence-electron chi connectivity index (χ4n) is 2.05. The number of aromatic nitrogens is 1. The fraction of sp³-hybridized carbons (Fsp3) is 0.714. The van der Waals surface area contributed by atoms with Crippen molar-refractivity contribution in [3.63, 3.8) is 0 Å². The van der Waals surface area contributed by atoms with E-state index in [1.165, 1.54) is 0 Å². The monoisotopic (exact) mass is 317 g/mol. The number of sulfonamides is 1. The number of ether oxygens (including phenoxy) is 1. The minimum Gasteiger partial charge on any atom is -0.384 e. The van der Waals surface area contributed by atoms with Crippen molar-refractivity contribution in [2.75, 3.05) is 26.8 Å². The highest BCUT2D eigenvalue weighted by atomic mass is 32.2. The van der Waals surface area contributed by atoms with Gasteiger partial charge in [0.15, 0.2) is 0 Å². The van der Waals surface area contributed by atoms with Crippen molar-refractivity contribution in [2.24, 2.45) is 5.92 Å². The second-order valence-corrected chi connectivity index (χ2v) is 6.91. The van der Waals surface area contributed by atoms with Crippen molar-refractivity contribution in [1.29, 1.82) is 0 Å². The molecule has 0 aliphatic carbocycles. The summed E-state index contributed by atoms with van der Waals surface area (Å²) in [5, 5.41) is 3.22. The topological polar surface area (TPSA) is 72.4 Å². The van der Waals surface area contributed by atoms with Gasteiger partial charge in [-0.2, -0.15) is 0 Å². The Morgan fingerprint density at radius 3 is 2.67 bits per heavy atom. The molecule has 1 atom stereocenters. The number of hydrogen-bond donors (Lipinski definition) is 2. The van der Waals surface area contributed by atoms with Crippen LogP contribution in [0.15, 0.2) is 17.2 Å². The Hall–Kier alpha value is -0.890. The first kappa shape index (κ1) is 18.2. The van der Waals surface area contributed by atoms with Crippen LogP contribution in [-0.4, -0.2) is 39.8 Å². The molecule has 21 heavy (non-hydrogen) atoms. The number of methoxy groups -OCH3 is 1. The Morgan fingerprint density at radius 1 is 1.38 bits per heavy atom. The molecular weight excluding hydrogens is 290 g/mol. The second-order valence-electron chi connectivity index (χ2n) is 5.15. The van der Waals surface area contributed by atoms with Crippen molar-refractivity contribution < 1.29 is 13.2 Å². The lowest BCUT2D eigenvalue weighted by Gasteiger charge is -2.11. The third kappa shape index (κ3) is 5.43. The first-order chi connectivity index (χ1) is 9.94. The van der Waals surface area contributed by atoms with E-state index in [1.54, 1.807) is 19.4 Å². The quantitative estimate of drug-likeness (QED) is 0.680. The standard InChI is InChI=1S/C14H27N3O3S/c1-5-15-9-13-7-14(10-17(13)6-2)21(18,19)16-8-12(3)11-20-4/h7,10,12,15-16H,5-6,8-9,11H2,1-4H3. The number of rotatable bonds is 10. The van der Waals surface area contributed by atoms with Gasteiger partial charge >= 0.3 is 0 Å². The minimum atomic E-state index is -3.46. The van der Waals surface area contributed by atoms with Gasteiger partial charge in [0.1, 0.15) is 0 Å². The third-order valence-electron chi connectivity index (χ3n) is 3.24. The first-order valence-corrected chi connectivity index (χ1v) is 8.81. The molecule has 0 aromatic carbocycles. The summed E-state index contributed by atoms with van der Waals surface area (Å²) >= 11 is 0. The van der Waals surface area contributed by atoms with Crippen LogP contribution < -0.4 is 10.0 Å². The zero-order valence-corrected chi connectivity index (χ0v) is 14.2. The van der Waals surface area contributed by atoms with Gasteiger partial charge in [0.2, 0.25) is 10.0 Å². The summed E-state index contributed by atoms with van der Waals surface area (Å²) in [5.74, 6) is 0.138. The molecule has 2 N–H and O–H groups in total. The summed E-state index contributed by atoms with van der Waals surface area (Å²) in [6.45, 7) is 9.13. The summed E-state index contributed by atoms with van der Waals surface area (Å²) in [5.41, 5.74) is 0.977. The van der Waals surface area contributed by atoms with Crippen LogP contribution in [0.25, 0.3) is 0 Å². The van der Waals surface area contributed by atoms with E-state index >= 15 is 0 Å². The number of nitrogens with zero attached hydrogens (tertiary/aromatic N) is 1. The molecular formula is C14H27N3O3S. The summed E-state index contributed by atoms with van der Waals surface area (Å²) in [6.07, 6.45) is 1.69.